The number of cyclic esters (lactones) is 1. The average molecular weight is 615 g/mol. The molecule has 0 spiro atoms. The van der Waals surface area contributed by atoms with E-state index in [0.717, 1.165) is 0 Å². The molecule has 0 saturated carbocycles. The van der Waals surface area contributed by atoms with E-state index in [2.05, 4.69) is 0 Å². The Morgan fingerprint density at radius 1 is 1.05 bits per heavy atom. The number of hydrogen-bond acceptors (Lipinski definition) is 11. The molecule has 0 aromatic carbocycles. The first-order valence-corrected chi connectivity index (χ1v) is 15.6. The van der Waals surface area contributed by atoms with Gasteiger partial charge in [0.05, 0.1) is 29.6 Å². The Kier molecular flexibility index (Phi) is 11.2. The summed E-state index contributed by atoms with van der Waals surface area (Å²) in [6, 6.07) is -0.668. The standard InChI is InChI=1S/C31H54N2O10/c1-12-22-31(8)25(42-29(37)43-31)20(6)26(35)33(11)18(4)15-30(7,38)24(16(2)13-17(3)27(36)40-22)41-28-23(34)21(32(9)10)14-19(5)39-28/h16-25,28,34,38H,12-15H2,1-11H3/t16-,17+,18+,19+,20+,21-,22+,23+,24+,25+,28-,30+,31+/m0/s1. The lowest BCUT2D eigenvalue weighted by Crippen LogP contribution is -2.58. The van der Waals surface area contributed by atoms with Crippen LogP contribution in [0.4, 0.5) is 4.79 Å². The van der Waals surface area contributed by atoms with E-state index in [4.69, 9.17) is 23.7 Å². The molecule has 0 aromatic rings. The molecule has 0 aromatic heterocycles. The number of rotatable bonds is 4. The molecule has 3 saturated heterocycles. The van der Waals surface area contributed by atoms with Gasteiger partial charge in [-0.2, -0.15) is 0 Å². The van der Waals surface area contributed by atoms with Crippen molar-refractivity contribution < 1.29 is 48.3 Å². The van der Waals surface area contributed by atoms with Crippen LogP contribution < -0.4 is 0 Å². The van der Waals surface area contributed by atoms with Crippen LogP contribution in [0.2, 0.25) is 0 Å². The highest BCUT2D eigenvalue weighted by atomic mass is 16.8. The van der Waals surface area contributed by atoms with E-state index in [1.54, 1.807) is 34.7 Å². The quantitative estimate of drug-likeness (QED) is 0.451. The number of ether oxygens (including phenoxy) is 5. The second-order valence-corrected chi connectivity index (χ2v) is 13.8. The Labute approximate surface area is 256 Å². The fourth-order valence-electron chi connectivity index (χ4n) is 7.18. The van der Waals surface area contributed by atoms with Crippen LogP contribution in [0.15, 0.2) is 0 Å². The van der Waals surface area contributed by atoms with E-state index < -0.39 is 77.8 Å². The minimum Gasteiger partial charge on any atom is -0.458 e. The zero-order chi connectivity index (χ0) is 32.6. The molecular weight excluding hydrogens is 560 g/mol. The topological polar surface area (TPSA) is 144 Å². The van der Waals surface area contributed by atoms with Crippen LogP contribution in [0, 0.1) is 17.8 Å². The minimum atomic E-state index is -1.50. The van der Waals surface area contributed by atoms with Crippen molar-refractivity contribution in [3.63, 3.8) is 0 Å². The van der Waals surface area contributed by atoms with Gasteiger partial charge in [-0.1, -0.05) is 20.8 Å². The van der Waals surface area contributed by atoms with Gasteiger partial charge in [-0.05, 0) is 80.3 Å². The second-order valence-electron chi connectivity index (χ2n) is 13.8. The normalized spacial score (nSPS) is 45.5. The molecule has 3 rings (SSSR count). The molecule has 3 aliphatic heterocycles. The van der Waals surface area contributed by atoms with Crippen LogP contribution in [0.1, 0.15) is 81.1 Å². The molecule has 13 atom stereocenters. The smallest absolute Gasteiger partial charge is 0.458 e. The number of nitrogens with zero attached hydrogens (tertiary/aromatic N) is 2. The minimum absolute atomic E-state index is 0.126. The molecule has 3 heterocycles. The van der Waals surface area contributed by atoms with Gasteiger partial charge in [0.2, 0.25) is 5.91 Å². The van der Waals surface area contributed by atoms with E-state index in [1.165, 1.54) is 4.90 Å². The van der Waals surface area contributed by atoms with Gasteiger partial charge in [0.1, 0.15) is 12.2 Å². The Bertz CT molecular complexity index is 1010. The molecule has 12 heteroatoms. The molecule has 12 nitrogen and oxygen atoms in total. The lowest BCUT2D eigenvalue weighted by molar-refractivity contribution is -0.295. The summed E-state index contributed by atoms with van der Waals surface area (Å²) in [5.74, 6) is -2.65. The zero-order valence-corrected chi connectivity index (χ0v) is 27.7. The van der Waals surface area contributed by atoms with E-state index >= 15 is 0 Å². The summed E-state index contributed by atoms with van der Waals surface area (Å²) >= 11 is 0. The number of amides is 1. The average Bonchev–Trinajstić information content (AvgIpc) is 3.23. The number of aliphatic hydroxyl groups excluding tert-OH is 1. The largest absolute Gasteiger partial charge is 0.509 e. The van der Waals surface area contributed by atoms with E-state index in [9.17, 15) is 24.6 Å². The van der Waals surface area contributed by atoms with E-state index in [0.29, 0.717) is 19.3 Å². The number of carbonyl (C=O) groups is 3. The highest BCUT2D eigenvalue weighted by molar-refractivity contribution is 5.80. The third-order valence-corrected chi connectivity index (χ3v) is 9.74. The molecule has 248 valence electrons. The fourth-order valence-corrected chi connectivity index (χ4v) is 7.18. The molecule has 3 aliphatic rings. The molecule has 0 unspecified atom stereocenters. The zero-order valence-electron chi connectivity index (χ0n) is 27.7. The summed E-state index contributed by atoms with van der Waals surface area (Å²) in [4.78, 5) is 43.0. The van der Waals surface area contributed by atoms with Crippen LogP contribution in [-0.2, 0) is 33.3 Å². The first-order chi connectivity index (χ1) is 19.8. The van der Waals surface area contributed by atoms with Crippen molar-refractivity contribution >= 4 is 18.0 Å². The van der Waals surface area contributed by atoms with Gasteiger partial charge in [-0.15, -0.1) is 0 Å². The van der Waals surface area contributed by atoms with Crippen molar-refractivity contribution in [3.05, 3.63) is 0 Å². The third kappa shape index (κ3) is 7.46. The van der Waals surface area contributed by atoms with Crippen LogP contribution in [-0.4, -0.2) is 119 Å². The molecule has 0 aliphatic carbocycles. The fraction of sp³-hybridized carbons (Fsp3) is 0.903. The highest BCUT2D eigenvalue weighted by Crippen LogP contribution is 2.40. The lowest BCUT2D eigenvalue weighted by atomic mass is 9.80. The summed E-state index contributed by atoms with van der Waals surface area (Å²) in [6.07, 6.45) is -4.44. The molecule has 0 radical (unpaired) electrons. The lowest BCUT2D eigenvalue weighted by Gasteiger charge is -2.46. The molecule has 0 bridgehead atoms. The van der Waals surface area contributed by atoms with Gasteiger partial charge in [0.15, 0.2) is 18.0 Å². The van der Waals surface area contributed by atoms with Crippen molar-refractivity contribution in [2.45, 2.75) is 141 Å². The van der Waals surface area contributed by atoms with Crippen LogP contribution >= 0.6 is 0 Å². The van der Waals surface area contributed by atoms with Crippen molar-refractivity contribution in [2.24, 2.45) is 17.8 Å². The Hall–Kier alpha value is -1.99. The van der Waals surface area contributed by atoms with Gasteiger partial charge >= 0.3 is 12.1 Å². The Morgan fingerprint density at radius 3 is 2.26 bits per heavy atom. The molecular formula is C31H54N2O10. The monoisotopic (exact) mass is 614 g/mol. The number of esters is 1. The van der Waals surface area contributed by atoms with E-state index in [1.807, 2.05) is 46.7 Å². The van der Waals surface area contributed by atoms with Gasteiger partial charge in [-0.25, -0.2) is 4.79 Å². The van der Waals surface area contributed by atoms with E-state index in [-0.39, 0.29) is 24.5 Å². The number of carbonyl (C=O) groups excluding carboxylic acids is 3. The molecule has 43 heavy (non-hydrogen) atoms. The number of hydrogen-bond donors (Lipinski definition) is 2. The predicted octanol–water partition coefficient (Wildman–Crippen LogP) is 2.71. The summed E-state index contributed by atoms with van der Waals surface area (Å²) in [7, 11) is 5.42. The Morgan fingerprint density at radius 2 is 1.67 bits per heavy atom. The maximum absolute atomic E-state index is 13.7. The van der Waals surface area contributed by atoms with Crippen molar-refractivity contribution in [3.8, 4) is 0 Å². The number of aliphatic hydroxyl groups is 2. The summed E-state index contributed by atoms with van der Waals surface area (Å²) < 4.78 is 29.6. The van der Waals surface area contributed by atoms with Crippen molar-refractivity contribution in [1.82, 2.24) is 9.80 Å². The number of fused-ring (bicyclic) bond motifs is 1. The summed E-state index contributed by atoms with van der Waals surface area (Å²) in [5.41, 5.74) is -2.88. The predicted molar refractivity (Wildman–Crippen MR) is 157 cm³/mol. The third-order valence-electron chi connectivity index (χ3n) is 9.74. The van der Waals surface area contributed by atoms with Crippen molar-refractivity contribution in [2.75, 3.05) is 21.1 Å². The Balaban J connectivity index is 2.01. The van der Waals surface area contributed by atoms with Crippen LogP contribution in [0.3, 0.4) is 0 Å². The van der Waals surface area contributed by atoms with Crippen LogP contribution in [0.25, 0.3) is 0 Å². The maximum Gasteiger partial charge on any atom is 0.509 e. The summed E-state index contributed by atoms with van der Waals surface area (Å²) in [5, 5.41) is 23.2. The molecule has 2 N–H and O–H groups in total. The number of likely N-dealkylation sites (N-methyl/N-ethyl adjacent to an activating group) is 1. The van der Waals surface area contributed by atoms with Gasteiger partial charge < -0.3 is 43.7 Å². The van der Waals surface area contributed by atoms with Gasteiger partial charge in [0, 0.05) is 19.1 Å². The maximum atomic E-state index is 13.7. The second kappa shape index (κ2) is 13.6. The SMILES string of the molecule is CC[C@H]1OC(=O)[C@H](C)C[C@H](C)[C@@H](O[C@@H]2O[C@H](C)C[C@H](N(C)C)[C@H]2O)[C@](C)(O)C[C@@H](C)N(C)C(=O)[C@H](C)[C@H]2OC(=O)O[C@@]21C. The van der Waals surface area contributed by atoms with Gasteiger partial charge in [-0.3, -0.25) is 9.59 Å². The van der Waals surface area contributed by atoms with Crippen LogP contribution in [0.5, 0.6) is 0 Å². The molecule has 1 amide bonds. The highest BCUT2D eigenvalue weighted by Gasteiger charge is 2.58. The summed E-state index contributed by atoms with van der Waals surface area (Å²) in [6.45, 7) is 14.1. The van der Waals surface area contributed by atoms with Gasteiger partial charge in [0.25, 0.3) is 0 Å². The van der Waals surface area contributed by atoms with Crippen molar-refractivity contribution in [1.29, 1.82) is 0 Å². The molecule has 3 fully saturated rings. The first-order valence-electron chi connectivity index (χ1n) is 15.6. The first kappa shape index (κ1) is 35.5.